The van der Waals surface area contributed by atoms with Crippen molar-refractivity contribution in [2.24, 2.45) is 0 Å². The summed E-state index contributed by atoms with van der Waals surface area (Å²) in [6.45, 7) is -0.0685. The summed E-state index contributed by atoms with van der Waals surface area (Å²) in [5.41, 5.74) is 0. The molecular formula is C14H17ClO5S. The van der Waals surface area contributed by atoms with Gasteiger partial charge in [-0.2, -0.15) is 0 Å². The van der Waals surface area contributed by atoms with Crippen molar-refractivity contribution < 1.29 is 24.5 Å². The van der Waals surface area contributed by atoms with Crippen LogP contribution in [0, 0.1) is 0 Å². The zero-order valence-electron chi connectivity index (χ0n) is 11.5. The van der Waals surface area contributed by atoms with Crippen molar-refractivity contribution in [1.82, 2.24) is 0 Å². The fourth-order valence-electron chi connectivity index (χ4n) is 2.22. The smallest absolute Gasteiger partial charge is 0.322 e. The van der Waals surface area contributed by atoms with Gasteiger partial charge in [-0.1, -0.05) is 0 Å². The molecule has 2 N–H and O–H groups in total. The quantitative estimate of drug-likeness (QED) is 0.806. The molecule has 1 heterocycles. The molecule has 2 rings (SSSR count). The summed E-state index contributed by atoms with van der Waals surface area (Å²) in [5.74, 6) is 0.435. The van der Waals surface area contributed by atoms with Crippen molar-refractivity contribution in [3.05, 3.63) is 18.2 Å². The van der Waals surface area contributed by atoms with Crippen LogP contribution >= 0.6 is 23.4 Å². The molecule has 116 valence electrons. The normalized spacial score (nSPS) is 24.6. The Balaban J connectivity index is 2.42. The zero-order valence-corrected chi connectivity index (χ0v) is 13.1. The number of carboxylic acids is 1. The molecule has 5 nitrogen and oxygen atoms in total. The van der Waals surface area contributed by atoms with Crippen LogP contribution in [0.25, 0.3) is 0 Å². The standard InChI is InChI=1S/C14H17ClO5S/c1-19-9-3-4-10-11(7-9)21-14(13(17)18,5-2-6-15)12(16)8-20-10/h3-4,7,12,16H,2,5-6,8H2,1H3,(H,17,18)/t12-,14+/m0/s1. The third-order valence-electron chi connectivity index (χ3n) is 3.42. The Bertz CT molecular complexity index is 524. The maximum atomic E-state index is 11.8. The molecule has 7 heteroatoms. The molecule has 1 aliphatic rings. The van der Waals surface area contributed by atoms with Crippen LogP contribution in [-0.2, 0) is 4.79 Å². The minimum Gasteiger partial charge on any atom is -0.497 e. The lowest BCUT2D eigenvalue weighted by Gasteiger charge is -2.30. The predicted octanol–water partition coefficient (Wildman–Crippen LogP) is 2.38. The van der Waals surface area contributed by atoms with Gasteiger partial charge in [0.25, 0.3) is 0 Å². The first kappa shape index (κ1) is 16.3. The van der Waals surface area contributed by atoms with Crippen molar-refractivity contribution in [3.63, 3.8) is 0 Å². The fraction of sp³-hybridized carbons (Fsp3) is 0.500. The summed E-state index contributed by atoms with van der Waals surface area (Å²) in [5, 5.41) is 19.9. The van der Waals surface area contributed by atoms with Crippen LogP contribution in [0.15, 0.2) is 23.1 Å². The maximum absolute atomic E-state index is 11.8. The SMILES string of the molecule is COc1ccc2c(c1)S[C@@](CCCCl)(C(=O)O)[C@@H](O)CO2. The van der Waals surface area contributed by atoms with Gasteiger partial charge in [-0.15, -0.1) is 23.4 Å². The summed E-state index contributed by atoms with van der Waals surface area (Å²) in [4.78, 5) is 12.4. The molecule has 0 aromatic heterocycles. The molecule has 0 unspecified atom stereocenters. The van der Waals surface area contributed by atoms with Crippen LogP contribution in [0.4, 0.5) is 0 Å². The molecule has 2 atom stereocenters. The molecule has 1 aromatic rings. The van der Waals surface area contributed by atoms with Gasteiger partial charge in [0.2, 0.25) is 0 Å². The highest BCUT2D eigenvalue weighted by Gasteiger charge is 2.48. The van der Waals surface area contributed by atoms with Gasteiger partial charge in [0.15, 0.2) is 0 Å². The Morgan fingerprint density at radius 1 is 1.62 bits per heavy atom. The molecule has 0 amide bonds. The fourth-order valence-corrected chi connectivity index (χ4v) is 3.69. The van der Waals surface area contributed by atoms with Gasteiger partial charge in [-0.25, -0.2) is 0 Å². The number of carbonyl (C=O) groups is 1. The number of ether oxygens (including phenoxy) is 2. The van der Waals surface area contributed by atoms with Gasteiger partial charge in [0.05, 0.1) is 12.0 Å². The van der Waals surface area contributed by atoms with Crippen LogP contribution in [0.1, 0.15) is 12.8 Å². The largest absolute Gasteiger partial charge is 0.497 e. The van der Waals surface area contributed by atoms with Gasteiger partial charge in [0, 0.05) is 5.88 Å². The van der Waals surface area contributed by atoms with Gasteiger partial charge in [-0.3, -0.25) is 4.79 Å². The molecule has 0 spiro atoms. The summed E-state index contributed by atoms with van der Waals surface area (Å²) in [6.07, 6.45) is -0.365. The lowest BCUT2D eigenvalue weighted by molar-refractivity contribution is -0.144. The number of aliphatic carboxylic acids is 1. The Morgan fingerprint density at radius 3 is 3.00 bits per heavy atom. The van der Waals surface area contributed by atoms with Crippen molar-refractivity contribution in [2.75, 3.05) is 19.6 Å². The molecule has 0 saturated carbocycles. The second-order valence-electron chi connectivity index (χ2n) is 4.73. The highest BCUT2D eigenvalue weighted by molar-refractivity contribution is 8.01. The zero-order chi connectivity index (χ0) is 15.5. The molecular weight excluding hydrogens is 316 g/mol. The first-order chi connectivity index (χ1) is 10.0. The van der Waals surface area contributed by atoms with E-state index < -0.39 is 16.8 Å². The predicted molar refractivity (Wildman–Crippen MR) is 80.7 cm³/mol. The van der Waals surface area contributed by atoms with Crippen molar-refractivity contribution in [3.8, 4) is 11.5 Å². The highest BCUT2D eigenvalue weighted by Crippen LogP contribution is 2.47. The number of hydrogen-bond acceptors (Lipinski definition) is 5. The topological polar surface area (TPSA) is 76.0 Å². The molecule has 0 saturated heterocycles. The third-order valence-corrected chi connectivity index (χ3v) is 5.24. The highest BCUT2D eigenvalue weighted by atomic mass is 35.5. The Labute approximate surface area is 132 Å². The molecule has 1 aliphatic heterocycles. The second-order valence-corrected chi connectivity index (χ2v) is 6.48. The molecule has 1 aromatic carbocycles. The van der Waals surface area contributed by atoms with Gasteiger partial charge < -0.3 is 19.7 Å². The Hall–Kier alpha value is -1.11. The number of carboxylic acid groups (broad SMARTS) is 1. The summed E-state index contributed by atoms with van der Waals surface area (Å²) in [6, 6.07) is 5.17. The number of hydrogen-bond donors (Lipinski definition) is 2. The maximum Gasteiger partial charge on any atom is 0.322 e. The number of aliphatic hydroxyl groups is 1. The molecule has 0 fully saturated rings. The van der Waals surface area contributed by atoms with Crippen molar-refractivity contribution >= 4 is 29.3 Å². The molecule has 0 bridgehead atoms. The third kappa shape index (κ3) is 3.22. The Morgan fingerprint density at radius 2 is 2.38 bits per heavy atom. The lowest BCUT2D eigenvalue weighted by atomic mass is 9.96. The van der Waals surface area contributed by atoms with E-state index in [1.807, 2.05) is 0 Å². The van der Waals surface area contributed by atoms with Gasteiger partial charge in [0.1, 0.15) is 29.0 Å². The van der Waals surface area contributed by atoms with Gasteiger partial charge in [-0.05, 0) is 31.0 Å². The van der Waals surface area contributed by atoms with Crippen LogP contribution in [0.3, 0.4) is 0 Å². The molecule has 21 heavy (non-hydrogen) atoms. The number of fused-ring (bicyclic) bond motifs is 1. The summed E-state index contributed by atoms with van der Waals surface area (Å²) in [7, 11) is 1.54. The lowest BCUT2D eigenvalue weighted by Crippen LogP contribution is -2.48. The number of benzene rings is 1. The van der Waals surface area contributed by atoms with E-state index in [-0.39, 0.29) is 13.0 Å². The summed E-state index contributed by atoms with van der Waals surface area (Å²) < 4.78 is 9.31. The van der Waals surface area contributed by atoms with Gasteiger partial charge >= 0.3 is 5.97 Å². The van der Waals surface area contributed by atoms with E-state index in [9.17, 15) is 15.0 Å². The first-order valence-corrected chi connectivity index (χ1v) is 7.86. The number of halogens is 1. The monoisotopic (exact) mass is 332 g/mol. The minimum absolute atomic E-state index is 0.0685. The van der Waals surface area contributed by atoms with E-state index in [1.54, 1.807) is 18.2 Å². The minimum atomic E-state index is -1.37. The number of rotatable bonds is 5. The first-order valence-electron chi connectivity index (χ1n) is 6.51. The van der Waals surface area contributed by atoms with Crippen LogP contribution in [-0.4, -0.2) is 46.6 Å². The number of aliphatic hydroxyl groups excluding tert-OH is 1. The van der Waals surface area contributed by atoms with Crippen LogP contribution < -0.4 is 9.47 Å². The van der Waals surface area contributed by atoms with E-state index in [4.69, 9.17) is 21.1 Å². The average molecular weight is 333 g/mol. The summed E-state index contributed by atoms with van der Waals surface area (Å²) >= 11 is 6.79. The van der Waals surface area contributed by atoms with E-state index in [1.165, 1.54) is 7.11 Å². The van der Waals surface area contributed by atoms with Crippen LogP contribution in [0.2, 0.25) is 0 Å². The van der Waals surface area contributed by atoms with E-state index in [0.29, 0.717) is 28.7 Å². The van der Waals surface area contributed by atoms with Crippen LogP contribution in [0.5, 0.6) is 11.5 Å². The Kier molecular flexibility index (Phi) is 5.24. The van der Waals surface area contributed by atoms with Crippen molar-refractivity contribution in [1.29, 1.82) is 0 Å². The molecule has 0 radical (unpaired) electrons. The second kappa shape index (κ2) is 6.77. The van der Waals surface area contributed by atoms with E-state index in [2.05, 4.69) is 0 Å². The molecule has 0 aliphatic carbocycles. The van der Waals surface area contributed by atoms with E-state index in [0.717, 1.165) is 11.8 Å². The average Bonchev–Trinajstić information content (AvgIpc) is 2.62. The number of thioether (sulfide) groups is 1. The number of alkyl halides is 1. The van der Waals surface area contributed by atoms with E-state index >= 15 is 0 Å². The number of methoxy groups -OCH3 is 1. The van der Waals surface area contributed by atoms with Crippen molar-refractivity contribution in [2.45, 2.75) is 28.6 Å².